The minimum Gasteiger partial charge on any atom is -0.444 e. The van der Waals surface area contributed by atoms with Crippen LogP contribution < -0.4 is 10.6 Å². The Hall–Kier alpha value is -0.770. The maximum absolute atomic E-state index is 12.0. The molecule has 0 spiro atoms. The summed E-state index contributed by atoms with van der Waals surface area (Å²) in [6.07, 6.45) is -0.210. The summed E-state index contributed by atoms with van der Waals surface area (Å²) in [6, 6.07) is 0. The lowest BCUT2D eigenvalue weighted by Gasteiger charge is -2.35. The molecule has 1 aliphatic heterocycles. The molecule has 0 saturated carbocycles. The zero-order valence-electron chi connectivity index (χ0n) is 16.6. The minimum atomic E-state index is -0.434. The van der Waals surface area contributed by atoms with Crippen molar-refractivity contribution < 1.29 is 9.53 Å². The molecule has 148 valence electrons. The number of hydrogen-bond donors (Lipinski definition) is 2. The number of halogens is 1. The molecule has 1 amide bonds. The van der Waals surface area contributed by atoms with Crippen LogP contribution in [0, 0.1) is 5.92 Å². The maximum atomic E-state index is 12.0. The highest BCUT2D eigenvalue weighted by Gasteiger charge is 2.25. The number of piperazine rings is 1. The molecular weight excluding hydrogens is 433 g/mol. The molecule has 1 fully saturated rings. The van der Waals surface area contributed by atoms with E-state index in [0.717, 1.165) is 51.8 Å². The molecule has 0 aromatic rings. The van der Waals surface area contributed by atoms with Crippen molar-refractivity contribution in [2.24, 2.45) is 10.9 Å². The first-order valence-electron chi connectivity index (χ1n) is 8.86. The fourth-order valence-electron chi connectivity index (χ4n) is 2.33. The van der Waals surface area contributed by atoms with E-state index in [9.17, 15) is 4.79 Å². The molecule has 8 heteroatoms. The highest BCUT2D eigenvalue weighted by atomic mass is 127. The predicted octanol–water partition coefficient (Wildman–Crippen LogP) is 1.98. The van der Waals surface area contributed by atoms with Crippen molar-refractivity contribution in [3.8, 4) is 0 Å². The number of aliphatic imine (C=N–C) groups is 1. The molecule has 0 aromatic carbocycles. The third-order valence-corrected chi connectivity index (χ3v) is 3.65. The van der Waals surface area contributed by atoms with Crippen LogP contribution >= 0.6 is 24.0 Å². The third kappa shape index (κ3) is 10.7. The van der Waals surface area contributed by atoms with E-state index in [-0.39, 0.29) is 30.1 Å². The number of amides is 1. The molecule has 1 saturated heterocycles. The summed E-state index contributed by atoms with van der Waals surface area (Å²) < 4.78 is 5.42. The molecule has 0 radical (unpaired) electrons. The van der Waals surface area contributed by atoms with Gasteiger partial charge in [-0.25, -0.2) is 4.79 Å². The van der Waals surface area contributed by atoms with E-state index in [1.807, 2.05) is 20.8 Å². The number of carbonyl (C=O) groups is 1. The Balaban J connectivity index is 0.00000576. The lowest BCUT2D eigenvalue weighted by molar-refractivity contribution is 0.0147. The van der Waals surface area contributed by atoms with Crippen LogP contribution in [0.15, 0.2) is 4.99 Å². The largest absolute Gasteiger partial charge is 0.444 e. The molecule has 0 bridgehead atoms. The van der Waals surface area contributed by atoms with Crippen LogP contribution in [-0.2, 0) is 4.74 Å². The number of guanidine groups is 1. The van der Waals surface area contributed by atoms with Gasteiger partial charge in [0.05, 0.1) is 0 Å². The maximum Gasteiger partial charge on any atom is 0.410 e. The van der Waals surface area contributed by atoms with Gasteiger partial charge in [-0.3, -0.25) is 9.89 Å². The molecular formula is C17H36IN5O2. The van der Waals surface area contributed by atoms with E-state index in [1.165, 1.54) is 0 Å². The smallest absolute Gasteiger partial charge is 0.410 e. The van der Waals surface area contributed by atoms with Crippen LogP contribution in [0.3, 0.4) is 0 Å². The molecule has 1 rings (SSSR count). The van der Waals surface area contributed by atoms with Gasteiger partial charge in [0.25, 0.3) is 0 Å². The fraction of sp³-hybridized carbons (Fsp3) is 0.882. The summed E-state index contributed by atoms with van der Waals surface area (Å²) in [7, 11) is 1.79. The monoisotopic (exact) mass is 469 g/mol. The van der Waals surface area contributed by atoms with Gasteiger partial charge in [0, 0.05) is 52.9 Å². The number of nitrogens with one attached hydrogen (secondary N) is 2. The van der Waals surface area contributed by atoms with Gasteiger partial charge in [-0.05, 0) is 26.7 Å². The molecule has 2 N–H and O–H groups in total. The van der Waals surface area contributed by atoms with Gasteiger partial charge in [-0.15, -0.1) is 24.0 Å². The first kappa shape index (κ1) is 24.2. The second-order valence-corrected chi connectivity index (χ2v) is 7.58. The summed E-state index contributed by atoms with van der Waals surface area (Å²) in [6.45, 7) is 15.9. The average molecular weight is 469 g/mol. The molecule has 25 heavy (non-hydrogen) atoms. The van der Waals surface area contributed by atoms with Gasteiger partial charge >= 0.3 is 6.09 Å². The van der Waals surface area contributed by atoms with Crippen molar-refractivity contribution in [3.63, 3.8) is 0 Å². The number of nitrogens with zero attached hydrogens (tertiary/aromatic N) is 3. The topological polar surface area (TPSA) is 69.2 Å². The lowest BCUT2D eigenvalue weighted by Crippen LogP contribution is -2.51. The van der Waals surface area contributed by atoms with Gasteiger partial charge in [0.2, 0.25) is 0 Å². The van der Waals surface area contributed by atoms with E-state index in [2.05, 4.69) is 34.4 Å². The first-order chi connectivity index (χ1) is 11.2. The summed E-state index contributed by atoms with van der Waals surface area (Å²) in [4.78, 5) is 20.4. The average Bonchev–Trinajstić information content (AvgIpc) is 2.49. The Kier molecular flexibility index (Phi) is 11.4. The third-order valence-electron chi connectivity index (χ3n) is 3.65. The second-order valence-electron chi connectivity index (χ2n) is 7.58. The Labute approximate surface area is 170 Å². The number of rotatable bonds is 5. The molecule has 0 aliphatic carbocycles. The zero-order chi connectivity index (χ0) is 18.2. The van der Waals surface area contributed by atoms with Crippen molar-refractivity contribution in [2.45, 2.75) is 40.2 Å². The van der Waals surface area contributed by atoms with Crippen molar-refractivity contribution in [1.29, 1.82) is 0 Å². The van der Waals surface area contributed by atoms with Crippen molar-refractivity contribution >= 4 is 36.0 Å². The zero-order valence-corrected chi connectivity index (χ0v) is 18.9. The normalized spacial score (nSPS) is 16.4. The van der Waals surface area contributed by atoms with Crippen molar-refractivity contribution in [3.05, 3.63) is 0 Å². The molecule has 1 aliphatic rings. The van der Waals surface area contributed by atoms with E-state index in [0.29, 0.717) is 5.92 Å². The molecule has 0 unspecified atom stereocenters. The van der Waals surface area contributed by atoms with Gasteiger partial charge in [-0.2, -0.15) is 0 Å². The van der Waals surface area contributed by atoms with Gasteiger partial charge in [0.1, 0.15) is 5.60 Å². The van der Waals surface area contributed by atoms with Crippen LogP contribution in [0.1, 0.15) is 34.6 Å². The molecule has 7 nitrogen and oxygen atoms in total. The number of carbonyl (C=O) groups excluding carboxylic acids is 1. The Bertz CT molecular complexity index is 416. The summed E-state index contributed by atoms with van der Waals surface area (Å²) >= 11 is 0. The standard InChI is InChI=1S/C17H35N5O2.HI/c1-14(2)13-20-15(18-6)19-7-8-21-9-11-22(12-10-21)16(23)24-17(3,4)5;/h14H,7-13H2,1-6H3,(H2,18,19,20);1H. The summed E-state index contributed by atoms with van der Waals surface area (Å²) in [5.74, 6) is 1.43. The highest BCUT2D eigenvalue weighted by Crippen LogP contribution is 2.11. The second kappa shape index (κ2) is 11.8. The van der Waals surface area contributed by atoms with E-state index < -0.39 is 5.60 Å². The van der Waals surface area contributed by atoms with Crippen LogP contribution in [0.25, 0.3) is 0 Å². The van der Waals surface area contributed by atoms with E-state index in [4.69, 9.17) is 4.74 Å². The first-order valence-corrected chi connectivity index (χ1v) is 8.86. The quantitative estimate of drug-likeness (QED) is 0.366. The fourth-order valence-corrected chi connectivity index (χ4v) is 2.33. The van der Waals surface area contributed by atoms with Crippen molar-refractivity contribution in [1.82, 2.24) is 20.4 Å². The summed E-state index contributed by atoms with van der Waals surface area (Å²) in [5.41, 5.74) is -0.434. The van der Waals surface area contributed by atoms with Crippen LogP contribution in [0.4, 0.5) is 4.79 Å². The Morgan fingerprint density at radius 2 is 1.76 bits per heavy atom. The van der Waals surface area contributed by atoms with Gasteiger partial charge < -0.3 is 20.3 Å². The van der Waals surface area contributed by atoms with Gasteiger partial charge in [-0.1, -0.05) is 13.8 Å². The SMILES string of the molecule is CN=C(NCCN1CCN(C(=O)OC(C)(C)C)CC1)NCC(C)C.I. The van der Waals surface area contributed by atoms with Crippen LogP contribution in [0.2, 0.25) is 0 Å². The molecule has 0 aromatic heterocycles. The Morgan fingerprint density at radius 3 is 2.24 bits per heavy atom. The predicted molar refractivity (Wildman–Crippen MR) is 114 cm³/mol. The van der Waals surface area contributed by atoms with E-state index in [1.54, 1.807) is 11.9 Å². The Morgan fingerprint density at radius 1 is 1.16 bits per heavy atom. The minimum absolute atomic E-state index is 0. The highest BCUT2D eigenvalue weighted by molar-refractivity contribution is 14.0. The van der Waals surface area contributed by atoms with Crippen LogP contribution in [0.5, 0.6) is 0 Å². The number of hydrogen-bond acceptors (Lipinski definition) is 4. The molecule has 0 atom stereocenters. The van der Waals surface area contributed by atoms with Gasteiger partial charge in [0.15, 0.2) is 5.96 Å². The van der Waals surface area contributed by atoms with Crippen molar-refractivity contribution in [2.75, 3.05) is 52.9 Å². The van der Waals surface area contributed by atoms with Crippen LogP contribution in [-0.4, -0.2) is 80.3 Å². The molecule has 1 heterocycles. The summed E-state index contributed by atoms with van der Waals surface area (Å²) in [5, 5.41) is 6.63. The number of ether oxygens (including phenoxy) is 1. The lowest BCUT2D eigenvalue weighted by atomic mass is 10.2. The van der Waals surface area contributed by atoms with E-state index >= 15 is 0 Å².